The van der Waals surface area contributed by atoms with Gasteiger partial charge in [-0.2, -0.15) is 0 Å². The summed E-state index contributed by atoms with van der Waals surface area (Å²) in [6, 6.07) is 5.39. The first-order valence-electron chi connectivity index (χ1n) is 10.4. The highest BCUT2D eigenvalue weighted by molar-refractivity contribution is 9.10. The quantitative estimate of drug-likeness (QED) is 0.268. The van der Waals surface area contributed by atoms with Crippen LogP contribution in [0.4, 0.5) is 10.5 Å². The van der Waals surface area contributed by atoms with Gasteiger partial charge < -0.3 is 41.5 Å². The maximum Gasteiger partial charge on any atom is 0.316 e. The van der Waals surface area contributed by atoms with Crippen molar-refractivity contribution >= 4 is 27.6 Å². The largest absolute Gasteiger partial charge is 0.506 e. The predicted molar refractivity (Wildman–Crippen MR) is 131 cm³/mol. The van der Waals surface area contributed by atoms with E-state index in [0.717, 1.165) is 0 Å². The fraction of sp³-hybridized carbons (Fsp3) is 0.545. The molecule has 33 heavy (non-hydrogen) atoms. The highest BCUT2D eigenvalue weighted by Crippen LogP contribution is 2.27. The van der Waals surface area contributed by atoms with Gasteiger partial charge in [0.2, 0.25) is 0 Å². The number of rotatable bonds is 7. The van der Waals surface area contributed by atoms with E-state index in [4.69, 9.17) is 10.3 Å². The number of aromatic nitrogens is 1. The number of hydrogen-bond acceptors (Lipinski definition) is 8. The maximum absolute atomic E-state index is 10.8. The lowest BCUT2D eigenvalue weighted by Crippen LogP contribution is -2.38. The number of nitrogens with two attached hydrogens (primary N) is 1. The summed E-state index contributed by atoms with van der Waals surface area (Å²) in [5.41, 5.74) is 5.64. The first-order valence-corrected chi connectivity index (χ1v) is 11.2. The monoisotopic (exact) mass is 529 g/mol. The third-order valence-electron chi connectivity index (χ3n) is 4.14. The molecule has 2 amide bonds. The molecule has 0 saturated carbocycles. The van der Waals surface area contributed by atoms with E-state index in [1.165, 1.54) is 12.1 Å². The van der Waals surface area contributed by atoms with Gasteiger partial charge in [0.25, 0.3) is 0 Å². The number of carbonyl (C=O) groups is 1. The lowest BCUT2D eigenvalue weighted by molar-refractivity contribution is 0.129. The molecule has 0 aliphatic heterocycles. The minimum absolute atomic E-state index is 0.0156. The Morgan fingerprint density at radius 1 is 1.06 bits per heavy atom. The summed E-state index contributed by atoms with van der Waals surface area (Å²) in [6.07, 6.45) is -1.40. The van der Waals surface area contributed by atoms with Gasteiger partial charge in [-0.1, -0.05) is 11.2 Å². The van der Waals surface area contributed by atoms with Crippen LogP contribution in [0.5, 0.6) is 5.75 Å². The van der Waals surface area contributed by atoms with Gasteiger partial charge in [-0.05, 0) is 75.2 Å². The van der Waals surface area contributed by atoms with Crippen molar-refractivity contribution in [2.24, 2.45) is 5.73 Å². The number of urea groups is 1. The lowest BCUT2D eigenvalue weighted by atomic mass is 10.1. The van der Waals surface area contributed by atoms with Crippen molar-refractivity contribution in [3.63, 3.8) is 0 Å². The third-order valence-corrected chi connectivity index (χ3v) is 4.52. The number of amides is 2. The molecule has 0 aliphatic carbocycles. The van der Waals surface area contributed by atoms with Gasteiger partial charge in [0.05, 0.1) is 11.8 Å². The van der Waals surface area contributed by atoms with Crippen molar-refractivity contribution < 1.29 is 24.6 Å². The molecule has 0 radical (unpaired) electrons. The standard InChI is InChI=1S/C13H21N3O3.C9H15BrN2O2/c1-13(2,3)15-7-11(18)8-4-5-10(17)9(6-8)16-12(14)19;1-9(2,3)11-5-6(13)7-4-8(10)12-14-7/h4-6,11,15,17-18H,7H2,1-3H3,(H3,14,16,19);4,6,11,13H,5H2,1-3H3. The number of carbonyl (C=O) groups excluding carboxylic acids is 1. The van der Waals surface area contributed by atoms with Gasteiger partial charge in [-0.25, -0.2) is 4.79 Å². The number of phenolic OH excluding ortho intramolecular Hbond substituents is 1. The average Bonchev–Trinajstić information content (AvgIpc) is 3.11. The molecule has 10 nitrogen and oxygen atoms in total. The van der Waals surface area contributed by atoms with Gasteiger partial charge >= 0.3 is 6.03 Å². The van der Waals surface area contributed by atoms with Gasteiger partial charge in [-0.3, -0.25) is 0 Å². The zero-order valence-corrected chi connectivity index (χ0v) is 21.5. The lowest BCUT2D eigenvalue weighted by Gasteiger charge is -2.23. The predicted octanol–water partition coefficient (Wildman–Crippen LogP) is 3.16. The molecule has 2 unspecified atom stereocenters. The molecule has 2 rings (SSSR count). The fourth-order valence-corrected chi connectivity index (χ4v) is 2.74. The molecule has 1 heterocycles. The number of halogens is 1. The van der Waals surface area contributed by atoms with E-state index >= 15 is 0 Å². The van der Waals surface area contributed by atoms with Crippen LogP contribution in [0, 0.1) is 0 Å². The number of aliphatic hydroxyl groups is 2. The van der Waals surface area contributed by atoms with Crippen LogP contribution in [0.3, 0.4) is 0 Å². The van der Waals surface area contributed by atoms with E-state index in [1.807, 2.05) is 41.5 Å². The van der Waals surface area contributed by atoms with E-state index in [9.17, 15) is 20.1 Å². The second kappa shape index (κ2) is 12.3. The smallest absolute Gasteiger partial charge is 0.316 e. The highest BCUT2D eigenvalue weighted by atomic mass is 79.9. The molecule has 0 aliphatic rings. The van der Waals surface area contributed by atoms with Crippen LogP contribution in [-0.2, 0) is 0 Å². The highest BCUT2D eigenvalue weighted by Gasteiger charge is 2.17. The summed E-state index contributed by atoms with van der Waals surface area (Å²) in [5, 5.41) is 41.6. The Morgan fingerprint density at radius 2 is 1.61 bits per heavy atom. The molecule has 2 aromatic rings. The number of aromatic hydroxyl groups is 1. The Morgan fingerprint density at radius 3 is 2.06 bits per heavy atom. The van der Waals surface area contributed by atoms with Crippen molar-refractivity contribution in [1.29, 1.82) is 0 Å². The first-order chi connectivity index (χ1) is 15.1. The molecule has 0 bridgehead atoms. The molecular formula is C22H36BrN5O5. The summed E-state index contributed by atoms with van der Waals surface area (Å²) in [7, 11) is 0. The molecule has 0 saturated heterocycles. The second-order valence-electron chi connectivity index (χ2n) is 9.61. The van der Waals surface area contributed by atoms with Crippen LogP contribution in [0.2, 0.25) is 0 Å². The SMILES string of the molecule is CC(C)(C)NCC(O)c1cc(Br)no1.CC(C)(C)NCC(O)c1ccc(O)c(NC(N)=O)c1. The Hall–Kier alpha value is -2.18. The first kappa shape index (κ1) is 28.9. The number of benzene rings is 1. The summed E-state index contributed by atoms with van der Waals surface area (Å²) in [6.45, 7) is 12.9. The van der Waals surface area contributed by atoms with Crippen molar-refractivity contribution in [3.8, 4) is 5.75 Å². The molecule has 1 aromatic heterocycles. The Bertz CT molecular complexity index is 892. The number of phenols is 1. The van der Waals surface area contributed by atoms with E-state index in [2.05, 4.69) is 37.0 Å². The molecule has 11 heteroatoms. The van der Waals surface area contributed by atoms with E-state index in [1.54, 1.807) is 12.1 Å². The van der Waals surface area contributed by atoms with Gasteiger partial charge in [0.1, 0.15) is 16.5 Å². The Labute approximate surface area is 203 Å². The zero-order valence-electron chi connectivity index (χ0n) is 19.9. The van der Waals surface area contributed by atoms with Crippen molar-refractivity contribution in [1.82, 2.24) is 15.8 Å². The van der Waals surface area contributed by atoms with E-state index in [-0.39, 0.29) is 22.5 Å². The Kier molecular flexibility index (Phi) is 10.8. The van der Waals surface area contributed by atoms with Crippen LogP contribution >= 0.6 is 15.9 Å². The molecule has 186 valence electrons. The van der Waals surface area contributed by atoms with E-state index in [0.29, 0.717) is 29.0 Å². The number of aliphatic hydroxyl groups excluding tert-OH is 2. The van der Waals surface area contributed by atoms with Crippen LogP contribution in [0.15, 0.2) is 33.4 Å². The van der Waals surface area contributed by atoms with Crippen LogP contribution in [0.25, 0.3) is 0 Å². The summed E-state index contributed by atoms with van der Waals surface area (Å²) in [4.78, 5) is 10.8. The minimum Gasteiger partial charge on any atom is -0.506 e. The van der Waals surface area contributed by atoms with Gasteiger partial charge in [0.15, 0.2) is 5.76 Å². The van der Waals surface area contributed by atoms with Crippen LogP contribution in [-0.4, -0.2) is 50.7 Å². The molecule has 8 N–H and O–H groups in total. The summed E-state index contributed by atoms with van der Waals surface area (Å²) >= 11 is 3.15. The van der Waals surface area contributed by atoms with E-state index < -0.39 is 18.2 Å². The number of nitrogens with one attached hydrogen (secondary N) is 3. The topological polar surface area (TPSA) is 166 Å². The zero-order chi connectivity index (χ0) is 25.4. The van der Waals surface area contributed by atoms with Crippen molar-refractivity contribution in [3.05, 3.63) is 40.2 Å². The Balaban J connectivity index is 0.000000346. The summed E-state index contributed by atoms with van der Waals surface area (Å²) in [5.74, 6) is 0.368. The number of nitrogens with zero attached hydrogens (tertiary/aromatic N) is 1. The second-order valence-corrected chi connectivity index (χ2v) is 10.4. The summed E-state index contributed by atoms with van der Waals surface area (Å²) < 4.78 is 5.50. The molecule has 1 aromatic carbocycles. The van der Waals surface area contributed by atoms with Crippen LogP contribution in [0.1, 0.15) is 65.1 Å². The maximum atomic E-state index is 10.8. The number of β-amino-alcohol motifs (C(OH)–C–C–N with tert-alkyl or cyclic N) is 2. The van der Waals surface area contributed by atoms with Gasteiger partial charge in [-0.15, -0.1) is 0 Å². The molecule has 2 atom stereocenters. The van der Waals surface area contributed by atoms with Gasteiger partial charge in [0, 0.05) is 30.2 Å². The minimum atomic E-state index is -0.769. The average molecular weight is 530 g/mol. The third kappa shape index (κ3) is 12.0. The normalized spacial score (nSPS) is 13.6. The molecule has 0 fully saturated rings. The van der Waals surface area contributed by atoms with Crippen molar-refractivity contribution in [2.45, 2.75) is 64.8 Å². The molecular weight excluding hydrogens is 494 g/mol. The number of primary amides is 1. The van der Waals surface area contributed by atoms with Crippen LogP contribution < -0.4 is 21.7 Å². The molecule has 0 spiro atoms. The fourth-order valence-electron chi connectivity index (χ4n) is 2.44. The number of anilines is 1. The van der Waals surface area contributed by atoms with Crippen molar-refractivity contribution in [2.75, 3.05) is 18.4 Å². The number of hydrogen-bond donors (Lipinski definition) is 7.